The van der Waals surface area contributed by atoms with Crippen molar-refractivity contribution < 1.29 is 13.9 Å². The summed E-state index contributed by atoms with van der Waals surface area (Å²) in [4.78, 5) is 9.09. The van der Waals surface area contributed by atoms with Crippen LogP contribution in [0.25, 0.3) is 28.0 Å². The lowest BCUT2D eigenvalue weighted by Crippen LogP contribution is -2.10. The number of ether oxygens (including phenoxy) is 2. The van der Waals surface area contributed by atoms with Crippen molar-refractivity contribution in [3.8, 4) is 22.7 Å². The number of halogens is 2. The highest BCUT2D eigenvalue weighted by molar-refractivity contribution is 6.31. The molecule has 8 nitrogen and oxygen atoms in total. The van der Waals surface area contributed by atoms with Crippen LogP contribution >= 0.6 is 11.6 Å². The Labute approximate surface area is 182 Å². The predicted molar refractivity (Wildman–Crippen MR) is 118 cm³/mol. The van der Waals surface area contributed by atoms with Crippen molar-refractivity contribution in [1.82, 2.24) is 19.7 Å². The Morgan fingerprint density at radius 2 is 1.90 bits per heavy atom. The van der Waals surface area contributed by atoms with E-state index < -0.39 is 5.82 Å². The average Bonchev–Trinajstić information content (AvgIpc) is 3.12. The maximum atomic E-state index is 13.7. The highest BCUT2D eigenvalue weighted by atomic mass is 35.5. The van der Waals surface area contributed by atoms with Gasteiger partial charge in [0.15, 0.2) is 5.65 Å². The van der Waals surface area contributed by atoms with Crippen LogP contribution in [0.3, 0.4) is 0 Å². The van der Waals surface area contributed by atoms with Crippen LogP contribution in [0.1, 0.15) is 0 Å². The third-order valence-corrected chi connectivity index (χ3v) is 4.96. The Kier molecular flexibility index (Phi) is 5.88. The molecule has 4 aromatic rings. The number of fused-ring (bicyclic) bond motifs is 1. The number of rotatable bonds is 7. The second-order valence-corrected chi connectivity index (χ2v) is 7.05. The molecule has 2 heterocycles. The van der Waals surface area contributed by atoms with Gasteiger partial charge in [0.05, 0.1) is 35.5 Å². The van der Waals surface area contributed by atoms with Gasteiger partial charge in [0.25, 0.3) is 0 Å². The van der Waals surface area contributed by atoms with E-state index in [0.29, 0.717) is 53.0 Å². The zero-order chi connectivity index (χ0) is 22.0. The molecule has 4 rings (SSSR count). The van der Waals surface area contributed by atoms with Crippen molar-refractivity contribution in [2.45, 2.75) is 0 Å². The minimum absolute atomic E-state index is 0.0146. The smallest absolute Gasteiger partial charge is 0.225 e. The minimum atomic E-state index is -0.518. The molecule has 0 aliphatic heterocycles. The third-order valence-electron chi connectivity index (χ3n) is 4.67. The summed E-state index contributed by atoms with van der Waals surface area (Å²) < 4.78 is 25.6. The van der Waals surface area contributed by atoms with Gasteiger partial charge in [0.2, 0.25) is 5.95 Å². The number of methoxy groups -OCH3 is 2. The molecule has 10 heteroatoms. The largest absolute Gasteiger partial charge is 0.497 e. The first-order valence-electron chi connectivity index (χ1n) is 9.40. The van der Waals surface area contributed by atoms with E-state index in [-0.39, 0.29) is 5.02 Å². The van der Waals surface area contributed by atoms with Crippen molar-refractivity contribution in [2.24, 2.45) is 0 Å². The molecule has 0 aliphatic rings. The van der Waals surface area contributed by atoms with Gasteiger partial charge < -0.3 is 20.5 Å². The van der Waals surface area contributed by atoms with Gasteiger partial charge in [-0.05, 0) is 42.5 Å². The van der Waals surface area contributed by atoms with Gasteiger partial charge in [-0.25, -0.2) is 14.1 Å². The van der Waals surface area contributed by atoms with E-state index in [0.717, 1.165) is 5.69 Å². The monoisotopic (exact) mass is 442 g/mol. The lowest BCUT2D eigenvalue weighted by molar-refractivity contribution is 0.210. The molecule has 0 aliphatic carbocycles. The highest BCUT2D eigenvalue weighted by Crippen LogP contribution is 2.34. The summed E-state index contributed by atoms with van der Waals surface area (Å²) in [5.74, 6) is 0.889. The number of nitrogens with zero attached hydrogens (tertiary/aromatic N) is 4. The normalized spacial score (nSPS) is 11.1. The molecule has 160 valence electrons. The molecule has 0 fully saturated rings. The maximum absolute atomic E-state index is 13.7. The second-order valence-electron chi connectivity index (χ2n) is 6.64. The van der Waals surface area contributed by atoms with Crippen LogP contribution in [-0.2, 0) is 4.74 Å². The lowest BCUT2D eigenvalue weighted by atomic mass is 10.1. The summed E-state index contributed by atoms with van der Waals surface area (Å²) in [6.07, 6.45) is 0. The number of nitrogen functional groups attached to an aromatic ring is 1. The molecule has 0 amide bonds. The standard InChI is InChI=1S/C21H20ClFN6O2/c1-30-10-9-25-21-26-18(12-3-8-16(23)15(22)11-12)17-19(24)29(28-20(17)27-21)13-4-6-14(31-2)7-5-13/h3-8,11H,9-10,24H2,1-2H3,(H,25,27,28). The second kappa shape index (κ2) is 8.75. The minimum Gasteiger partial charge on any atom is -0.497 e. The number of benzene rings is 2. The Bertz CT molecular complexity index is 1230. The predicted octanol–water partition coefficient (Wildman–Crippen LogP) is 3.92. The van der Waals surface area contributed by atoms with Gasteiger partial charge in [-0.1, -0.05) is 11.6 Å². The zero-order valence-corrected chi connectivity index (χ0v) is 17.7. The number of nitrogens with one attached hydrogen (secondary N) is 1. The van der Waals surface area contributed by atoms with Crippen LogP contribution in [0.2, 0.25) is 5.02 Å². The van der Waals surface area contributed by atoms with E-state index in [4.69, 9.17) is 26.8 Å². The van der Waals surface area contributed by atoms with Crippen LogP contribution in [0.5, 0.6) is 5.75 Å². The topological polar surface area (TPSA) is 100 Å². The maximum Gasteiger partial charge on any atom is 0.225 e. The Hall–Kier alpha value is -3.43. The molecule has 0 atom stereocenters. The van der Waals surface area contributed by atoms with Crippen molar-refractivity contribution in [3.05, 3.63) is 53.3 Å². The fourth-order valence-electron chi connectivity index (χ4n) is 3.13. The first-order valence-corrected chi connectivity index (χ1v) is 9.78. The molecular formula is C21H20ClFN6O2. The van der Waals surface area contributed by atoms with Gasteiger partial charge >= 0.3 is 0 Å². The van der Waals surface area contributed by atoms with E-state index >= 15 is 0 Å². The molecule has 2 aromatic carbocycles. The van der Waals surface area contributed by atoms with Crippen LogP contribution in [-0.4, -0.2) is 47.1 Å². The number of hydrogen-bond acceptors (Lipinski definition) is 7. The van der Waals surface area contributed by atoms with Gasteiger partial charge in [0.1, 0.15) is 17.4 Å². The average molecular weight is 443 g/mol. The highest BCUT2D eigenvalue weighted by Gasteiger charge is 2.20. The van der Waals surface area contributed by atoms with Gasteiger partial charge in [0, 0.05) is 19.2 Å². The molecule has 0 unspecified atom stereocenters. The van der Waals surface area contributed by atoms with Crippen LogP contribution in [0.4, 0.5) is 16.2 Å². The van der Waals surface area contributed by atoms with Gasteiger partial charge in [-0.15, -0.1) is 5.10 Å². The quantitative estimate of drug-likeness (QED) is 0.418. The SMILES string of the molecule is COCCNc1nc(-c2ccc(F)c(Cl)c2)c2c(N)n(-c3ccc(OC)cc3)nc2n1. The first-order chi connectivity index (χ1) is 15.0. The number of hydrogen-bond donors (Lipinski definition) is 2. The van der Waals surface area contributed by atoms with Crippen molar-refractivity contribution in [1.29, 1.82) is 0 Å². The first kappa shape index (κ1) is 20.8. The summed E-state index contributed by atoms with van der Waals surface area (Å²) in [6.45, 7) is 0.974. The zero-order valence-electron chi connectivity index (χ0n) is 16.9. The molecule has 31 heavy (non-hydrogen) atoms. The van der Waals surface area contributed by atoms with E-state index in [9.17, 15) is 4.39 Å². The van der Waals surface area contributed by atoms with Crippen LogP contribution in [0, 0.1) is 5.82 Å². The third kappa shape index (κ3) is 4.10. The van der Waals surface area contributed by atoms with E-state index in [1.807, 2.05) is 24.3 Å². The molecule has 3 N–H and O–H groups in total. The van der Waals surface area contributed by atoms with Crippen LogP contribution in [0.15, 0.2) is 42.5 Å². The Morgan fingerprint density at radius 1 is 1.13 bits per heavy atom. The van der Waals surface area contributed by atoms with Gasteiger partial charge in [-0.3, -0.25) is 0 Å². The molecule has 0 spiro atoms. The van der Waals surface area contributed by atoms with Gasteiger partial charge in [-0.2, -0.15) is 4.98 Å². The van der Waals surface area contributed by atoms with Crippen molar-refractivity contribution >= 4 is 34.4 Å². The summed E-state index contributed by atoms with van der Waals surface area (Å²) in [5.41, 5.74) is 8.66. The summed E-state index contributed by atoms with van der Waals surface area (Å²) in [6, 6.07) is 11.7. The van der Waals surface area contributed by atoms with Crippen LogP contribution < -0.4 is 15.8 Å². The lowest BCUT2D eigenvalue weighted by Gasteiger charge is -2.09. The summed E-state index contributed by atoms with van der Waals surface area (Å²) in [5, 5.41) is 8.19. The molecule has 0 bridgehead atoms. The van der Waals surface area contributed by atoms with E-state index in [1.54, 1.807) is 25.0 Å². The van der Waals surface area contributed by atoms with E-state index in [1.165, 1.54) is 12.1 Å². The molecule has 0 radical (unpaired) electrons. The number of aromatic nitrogens is 4. The Morgan fingerprint density at radius 3 is 2.58 bits per heavy atom. The van der Waals surface area contributed by atoms with Crippen molar-refractivity contribution in [3.63, 3.8) is 0 Å². The molecule has 2 aromatic heterocycles. The number of nitrogens with two attached hydrogens (primary N) is 1. The molecule has 0 saturated carbocycles. The fourth-order valence-corrected chi connectivity index (χ4v) is 3.31. The molecular weight excluding hydrogens is 423 g/mol. The molecule has 0 saturated heterocycles. The Balaban J connectivity index is 1.89. The summed E-state index contributed by atoms with van der Waals surface area (Å²) >= 11 is 6.01. The fraction of sp³-hybridized carbons (Fsp3) is 0.190. The van der Waals surface area contributed by atoms with Crippen molar-refractivity contribution in [2.75, 3.05) is 38.4 Å². The van der Waals surface area contributed by atoms with E-state index in [2.05, 4.69) is 20.4 Å². The number of anilines is 2. The summed E-state index contributed by atoms with van der Waals surface area (Å²) in [7, 11) is 3.20.